The van der Waals surface area contributed by atoms with E-state index in [1.165, 1.54) is 11.0 Å². The number of nitrogens with zero attached hydrogens (tertiary/aromatic N) is 4. The normalized spacial score (nSPS) is 34.1. The van der Waals surface area contributed by atoms with Crippen molar-refractivity contribution < 1.29 is 14.7 Å². The molecular weight excluding hydrogens is 238 g/mol. The van der Waals surface area contributed by atoms with Crippen molar-refractivity contribution in [3.05, 3.63) is 6.33 Å². The summed E-state index contributed by atoms with van der Waals surface area (Å²) in [5, 5.41) is 22.5. The zero-order valence-corrected chi connectivity index (χ0v) is 9.83. The molecule has 18 heavy (non-hydrogen) atoms. The van der Waals surface area contributed by atoms with E-state index in [-0.39, 0.29) is 11.4 Å². The lowest BCUT2D eigenvalue weighted by Gasteiger charge is -2.68. The van der Waals surface area contributed by atoms with Crippen LogP contribution in [-0.4, -0.2) is 42.7 Å². The molecule has 2 bridgehead atoms. The van der Waals surface area contributed by atoms with Gasteiger partial charge in [-0.3, -0.25) is 9.59 Å². The van der Waals surface area contributed by atoms with Gasteiger partial charge in [-0.15, -0.1) is 5.10 Å². The molecule has 3 aliphatic rings. The van der Waals surface area contributed by atoms with Crippen LogP contribution >= 0.6 is 0 Å². The van der Waals surface area contributed by atoms with Crippen LogP contribution in [0.1, 0.15) is 32.2 Å². The molecule has 3 aliphatic carbocycles. The Bertz CT molecular complexity index is 492. The molecule has 96 valence electrons. The fourth-order valence-corrected chi connectivity index (χ4v) is 2.98. The average Bonchev–Trinajstić information content (AvgIpc) is 2.72. The molecule has 0 spiro atoms. The van der Waals surface area contributed by atoms with E-state index in [9.17, 15) is 9.59 Å². The Balaban J connectivity index is 1.60. The standard InChI is InChI=1S/C10H13N5O3/c1-6(15-5-11-13-14-15)7(16)12-10-2-9(3-10,4-10)8(17)18/h5-6H,2-4H2,1H3,(H,12,16)(H,17,18)/t6-,9?,10?/m0/s1. The van der Waals surface area contributed by atoms with Gasteiger partial charge >= 0.3 is 5.97 Å². The van der Waals surface area contributed by atoms with Crippen LogP contribution in [0.25, 0.3) is 0 Å². The molecule has 3 saturated carbocycles. The van der Waals surface area contributed by atoms with Crippen molar-refractivity contribution in [1.82, 2.24) is 25.5 Å². The number of amides is 1. The first-order valence-electron chi connectivity index (χ1n) is 5.74. The molecule has 2 N–H and O–H groups in total. The van der Waals surface area contributed by atoms with Crippen LogP contribution in [0.4, 0.5) is 0 Å². The quantitative estimate of drug-likeness (QED) is 0.736. The van der Waals surface area contributed by atoms with Gasteiger partial charge in [0, 0.05) is 5.54 Å². The molecule has 0 aliphatic heterocycles. The lowest BCUT2D eigenvalue weighted by molar-refractivity contribution is -0.200. The van der Waals surface area contributed by atoms with Crippen molar-refractivity contribution in [3.8, 4) is 0 Å². The summed E-state index contributed by atoms with van der Waals surface area (Å²) in [4.78, 5) is 22.9. The summed E-state index contributed by atoms with van der Waals surface area (Å²) >= 11 is 0. The highest BCUT2D eigenvalue weighted by Gasteiger charge is 2.72. The maximum Gasteiger partial charge on any atom is 0.309 e. The number of carbonyl (C=O) groups is 2. The molecule has 1 atom stereocenters. The number of hydrogen-bond donors (Lipinski definition) is 2. The van der Waals surface area contributed by atoms with E-state index in [0.29, 0.717) is 19.3 Å². The van der Waals surface area contributed by atoms with Gasteiger partial charge in [-0.25, -0.2) is 4.68 Å². The minimum absolute atomic E-state index is 0.180. The minimum atomic E-state index is -0.757. The third-order valence-corrected chi connectivity index (χ3v) is 4.01. The molecule has 3 fully saturated rings. The number of carboxylic acids is 1. The first-order chi connectivity index (χ1) is 8.46. The second kappa shape index (κ2) is 3.27. The Labute approximate surface area is 102 Å². The Hall–Kier alpha value is -1.99. The number of carbonyl (C=O) groups excluding carboxylic acids is 1. The summed E-state index contributed by atoms with van der Waals surface area (Å²) in [7, 11) is 0. The Morgan fingerprint density at radius 2 is 2.11 bits per heavy atom. The maximum absolute atomic E-state index is 12.0. The molecule has 1 amide bonds. The number of carboxylic acid groups (broad SMARTS) is 1. The zero-order valence-electron chi connectivity index (χ0n) is 9.83. The van der Waals surface area contributed by atoms with E-state index < -0.39 is 17.4 Å². The van der Waals surface area contributed by atoms with E-state index in [4.69, 9.17) is 5.11 Å². The van der Waals surface area contributed by atoms with Gasteiger partial charge < -0.3 is 10.4 Å². The Kier molecular flexibility index (Phi) is 2.02. The number of nitrogens with one attached hydrogen (secondary N) is 1. The fourth-order valence-electron chi connectivity index (χ4n) is 2.98. The van der Waals surface area contributed by atoms with Crippen molar-refractivity contribution in [2.45, 2.75) is 37.8 Å². The summed E-state index contributed by atoms with van der Waals surface area (Å²) in [5.74, 6) is -0.937. The molecule has 0 saturated heterocycles. The smallest absolute Gasteiger partial charge is 0.309 e. The molecule has 8 heteroatoms. The summed E-state index contributed by atoms with van der Waals surface area (Å²) in [6.45, 7) is 1.70. The van der Waals surface area contributed by atoms with Crippen LogP contribution in [0.2, 0.25) is 0 Å². The van der Waals surface area contributed by atoms with Gasteiger partial charge in [-0.2, -0.15) is 0 Å². The summed E-state index contributed by atoms with van der Waals surface area (Å²) in [6, 6.07) is -0.491. The number of rotatable bonds is 4. The number of aromatic nitrogens is 4. The van der Waals surface area contributed by atoms with Crippen LogP contribution in [0.15, 0.2) is 6.33 Å². The topological polar surface area (TPSA) is 110 Å². The van der Waals surface area contributed by atoms with Gasteiger partial charge in [0.05, 0.1) is 5.41 Å². The summed E-state index contributed by atoms with van der Waals surface area (Å²) in [5.41, 5.74) is -0.886. The lowest BCUT2D eigenvalue weighted by Crippen LogP contribution is -2.77. The molecule has 4 rings (SSSR count). The first kappa shape index (κ1) is 11.1. The fraction of sp³-hybridized carbons (Fsp3) is 0.700. The molecule has 1 aromatic rings. The van der Waals surface area contributed by atoms with Crippen LogP contribution in [-0.2, 0) is 9.59 Å². The van der Waals surface area contributed by atoms with Crippen molar-refractivity contribution in [3.63, 3.8) is 0 Å². The van der Waals surface area contributed by atoms with Crippen molar-refractivity contribution >= 4 is 11.9 Å². The second-order valence-electron chi connectivity index (χ2n) is 5.35. The third-order valence-electron chi connectivity index (χ3n) is 4.01. The molecule has 0 radical (unpaired) electrons. The lowest BCUT2D eigenvalue weighted by atomic mass is 9.39. The SMILES string of the molecule is C[C@@H](C(=O)NC12CC(C(=O)O)(C1)C2)n1cnnn1. The van der Waals surface area contributed by atoms with Crippen molar-refractivity contribution in [2.24, 2.45) is 5.41 Å². The first-order valence-corrected chi connectivity index (χ1v) is 5.74. The summed E-state index contributed by atoms with van der Waals surface area (Å²) in [6.07, 6.45) is 2.97. The predicted molar refractivity (Wildman–Crippen MR) is 57.3 cm³/mol. The third kappa shape index (κ3) is 1.34. The Morgan fingerprint density at radius 1 is 1.44 bits per heavy atom. The van der Waals surface area contributed by atoms with Crippen molar-refractivity contribution in [1.29, 1.82) is 0 Å². The number of aliphatic carboxylic acids is 1. The number of tetrazole rings is 1. The Morgan fingerprint density at radius 3 is 2.61 bits per heavy atom. The van der Waals surface area contributed by atoms with E-state index in [0.717, 1.165) is 0 Å². The van der Waals surface area contributed by atoms with Gasteiger partial charge in [-0.05, 0) is 36.6 Å². The van der Waals surface area contributed by atoms with E-state index in [1.807, 2.05) is 0 Å². The minimum Gasteiger partial charge on any atom is -0.481 e. The van der Waals surface area contributed by atoms with E-state index in [2.05, 4.69) is 20.8 Å². The largest absolute Gasteiger partial charge is 0.481 e. The van der Waals surface area contributed by atoms with Gasteiger partial charge in [-0.1, -0.05) is 0 Å². The molecule has 1 aromatic heterocycles. The maximum atomic E-state index is 12.0. The molecule has 1 heterocycles. The zero-order chi connectivity index (χ0) is 13.0. The molecular formula is C10H13N5O3. The highest BCUT2D eigenvalue weighted by Crippen LogP contribution is 2.67. The monoisotopic (exact) mass is 251 g/mol. The van der Waals surface area contributed by atoms with Crippen molar-refractivity contribution in [2.75, 3.05) is 0 Å². The summed E-state index contributed by atoms with van der Waals surface area (Å²) < 4.78 is 1.37. The van der Waals surface area contributed by atoms with Gasteiger partial charge in [0.2, 0.25) is 5.91 Å². The van der Waals surface area contributed by atoms with E-state index in [1.54, 1.807) is 6.92 Å². The molecule has 0 aromatic carbocycles. The van der Waals surface area contributed by atoms with Crippen LogP contribution < -0.4 is 5.32 Å². The highest BCUT2D eigenvalue weighted by atomic mass is 16.4. The number of hydrogen-bond acceptors (Lipinski definition) is 5. The van der Waals surface area contributed by atoms with Crippen LogP contribution in [0.5, 0.6) is 0 Å². The highest BCUT2D eigenvalue weighted by molar-refractivity contribution is 5.85. The average molecular weight is 251 g/mol. The van der Waals surface area contributed by atoms with Crippen LogP contribution in [0, 0.1) is 5.41 Å². The van der Waals surface area contributed by atoms with Gasteiger partial charge in [0.15, 0.2) is 0 Å². The molecule has 8 nitrogen and oxygen atoms in total. The second-order valence-corrected chi connectivity index (χ2v) is 5.35. The predicted octanol–water partition coefficient (Wildman–Crippen LogP) is -0.642. The van der Waals surface area contributed by atoms with Crippen LogP contribution in [0.3, 0.4) is 0 Å². The van der Waals surface area contributed by atoms with E-state index >= 15 is 0 Å². The van der Waals surface area contributed by atoms with Gasteiger partial charge in [0.25, 0.3) is 0 Å². The molecule has 0 unspecified atom stereocenters. The van der Waals surface area contributed by atoms with Gasteiger partial charge in [0.1, 0.15) is 12.4 Å².